The molecule has 1 aliphatic carbocycles. The van der Waals surface area contributed by atoms with E-state index in [-0.39, 0.29) is 11.9 Å². The minimum atomic E-state index is 0.0949. The predicted molar refractivity (Wildman–Crippen MR) is 84.7 cm³/mol. The number of hydrogen-bond acceptors (Lipinski definition) is 2. The van der Waals surface area contributed by atoms with Gasteiger partial charge in [-0.1, -0.05) is 25.3 Å². The second kappa shape index (κ2) is 6.88. The molecular weight excluding hydrogens is 262 g/mol. The molecule has 0 heterocycles. The highest BCUT2D eigenvalue weighted by molar-refractivity contribution is 5.95. The van der Waals surface area contributed by atoms with Crippen molar-refractivity contribution in [3.05, 3.63) is 34.9 Å². The molecule has 114 valence electrons. The topological polar surface area (TPSA) is 37.4 Å². The van der Waals surface area contributed by atoms with E-state index in [1.54, 1.807) is 12.1 Å². The second-order valence-corrected chi connectivity index (χ2v) is 6.29. The SMILES string of the molecule is Cc1cc(C(=O)N(C(C)C)C2CCCCC2)ccc1C=O. The molecule has 0 aromatic heterocycles. The van der Waals surface area contributed by atoms with Gasteiger partial charge in [0.1, 0.15) is 6.29 Å². The Kier molecular flexibility index (Phi) is 5.16. The Labute approximate surface area is 127 Å². The van der Waals surface area contributed by atoms with Gasteiger partial charge in [-0.2, -0.15) is 0 Å². The van der Waals surface area contributed by atoms with Crippen molar-refractivity contribution in [3.63, 3.8) is 0 Å². The molecule has 0 unspecified atom stereocenters. The molecule has 1 aliphatic rings. The molecule has 2 rings (SSSR count). The number of benzene rings is 1. The average molecular weight is 287 g/mol. The van der Waals surface area contributed by atoms with E-state index in [2.05, 4.69) is 13.8 Å². The molecule has 1 amide bonds. The fourth-order valence-electron chi connectivity index (χ4n) is 3.27. The van der Waals surface area contributed by atoms with Crippen LogP contribution in [-0.4, -0.2) is 29.2 Å². The van der Waals surface area contributed by atoms with E-state index in [0.717, 1.165) is 24.7 Å². The van der Waals surface area contributed by atoms with Crippen molar-refractivity contribution in [1.82, 2.24) is 4.90 Å². The van der Waals surface area contributed by atoms with E-state index >= 15 is 0 Å². The van der Waals surface area contributed by atoms with Gasteiger partial charge in [0, 0.05) is 23.2 Å². The first-order chi connectivity index (χ1) is 10.0. The zero-order valence-electron chi connectivity index (χ0n) is 13.3. The summed E-state index contributed by atoms with van der Waals surface area (Å²) in [5, 5.41) is 0. The molecule has 1 aromatic carbocycles. The molecule has 0 bridgehead atoms. The Hall–Kier alpha value is -1.64. The minimum Gasteiger partial charge on any atom is -0.333 e. The standard InChI is InChI=1S/C18H25NO2/c1-13(2)19(17-7-5-4-6-8-17)18(21)15-9-10-16(12-20)14(3)11-15/h9-13,17H,4-8H2,1-3H3. The van der Waals surface area contributed by atoms with Crippen molar-refractivity contribution in [2.24, 2.45) is 0 Å². The van der Waals surface area contributed by atoms with E-state index in [1.165, 1.54) is 19.3 Å². The minimum absolute atomic E-state index is 0.0949. The highest BCUT2D eigenvalue weighted by atomic mass is 16.2. The summed E-state index contributed by atoms with van der Waals surface area (Å²) in [6.07, 6.45) is 6.76. The maximum Gasteiger partial charge on any atom is 0.254 e. The average Bonchev–Trinajstić information content (AvgIpc) is 2.48. The summed E-state index contributed by atoms with van der Waals surface area (Å²) in [6.45, 7) is 6.04. The Morgan fingerprint density at radius 2 is 1.90 bits per heavy atom. The van der Waals surface area contributed by atoms with Crippen molar-refractivity contribution in [2.45, 2.75) is 65.0 Å². The van der Waals surface area contributed by atoms with Crippen LogP contribution in [0.5, 0.6) is 0 Å². The summed E-state index contributed by atoms with van der Waals surface area (Å²) in [7, 11) is 0. The molecule has 0 N–H and O–H groups in total. The van der Waals surface area contributed by atoms with E-state index in [4.69, 9.17) is 0 Å². The fourth-order valence-corrected chi connectivity index (χ4v) is 3.27. The van der Waals surface area contributed by atoms with Crippen molar-refractivity contribution in [2.75, 3.05) is 0 Å². The molecule has 0 radical (unpaired) electrons. The molecule has 0 aliphatic heterocycles. The van der Waals surface area contributed by atoms with Crippen LogP contribution >= 0.6 is 0 Å². The molecule has 3 nitrogen and oxygen atoms in total. The molecule has 21 heavy (non-hydrogen) atoms. The highest BCUT2D eigenvalue weighted by Gasteiger charge is 2.28. The smallest absolute Gasteiger partial charge is 0.254 e. The van der Waals surface area contributed by atoms with Gasteiger partial charge in [0.15, 0.2) is 0 Å². The summed E-state index contributed by atoms with van der Waals surface area (Å²) in [6, 6.07) is 5.92. The van der Waals surface area contributed by atoms with Gasteiger partial charge in [-0.05, 0) is 51.3 Å². The number of aryl methyl sites for hydroxylation is 1. The Bertz CT molecular complexity index is 516. The van der Waals surface area contributed by atoms with E-state index < -0.39 is 0 Å². The number of aldehydes is 1. The number of carbonyl (C=O) groups excluding carboxylic acids is 2. The van der Waals surface area contributed by atoms with Gasteiger partial charge in [-0.15, -0.1) is 0 Å². The van der Waals surface area contributed by atoms with Crippen molar-refractivity contribution in [1.29, 1.82) is 0 Å². The normalized spacial score (nSPS) is 16.0. The first-order valence-corrected chi connectivity index (χ1v) is 7.93. The molecule has 0 saturated heterocycles. The summed E-state index contributed by atoms with van der Waals surface area (Å²) in [5.41, 5.74) is 2.21. The molecule has 0 spiro atoms. The van der Waals surface area contributed by atoms with E-state index in [0.29, 0.717) is 17.2 Å². The maximum atomic E-state index is 12.9. The van der Waals surface area contributed by atoms with Crippen molar-refractivity contribution < 1.29 is 9.59 Å². The van der Waals surface area contributed by atoms with Gasteiger partial charge in [-0.3, -0.25) is 9.59 Å². The van der Waals surface area contributed by atoms with Crippen LogP contribution in [0.15, 0.2) is 18.2 Å². The van der Waals surface area contributed by atoms with Gasteiger partial charge in [-0.25, -0.2) is 0 Å². The molecular formula is C18H25NO2. The number of carbonyl (C=O) groups is 2. The Balaban J connectivity index is 2.25. The van der Waals surface area contributed by atoms with Crippen LogP contribution in [-0.2, 0) is 0 Å². The molecule has 1 saturated carbocycles. The predicted octanol–water partition coefficient (Wildman–Crippen LogP) is 3.99. The Morgan fingerprint density at radius 3 is 2.43 bits per heavy atom. The number of rotatable bonds is 4. The number of hydrogen-bond donors (Lipinski definition) is 0. The molecule has 0 atom stereocenters. The van der Waals surface area contributed by atoms with Crippen molar-refractivity contribution >= 4 is 12.2 Å². The molecule has 1 fully saturated rings. The number of amides is 1. The van der Waals surface area contributed by atoms with Crippen LogP contribution < -0.4 is 0 Å². The van der Waals surface area contributed by atoms with Crippen LogP contribution in [0.3, 0.4) is 0 Å². The molecule has 1 aromatic rings. The zero-order valence-corrected chi connectivity index (χ0v) is 13.3. The maximum absolute atomic E-state index is 12.9. The first-order valence-electron chi connectivity index (χ1n) is 7.93. The summed E-state index contributed by atoms with van der Waals surface area (Å²) in [5.74, 6) is 0.0949. The third-order valence-corrected chi connectivity index (χ3v) is 4.40. The monoisotopic (exact) mass is 287 g/mol. The van der Waals surface area contributed by atoms with E-state index in [9.17, 15) is 9.59 Å². The van der Waals surface area contributed by atoms with Crippen molar-refractivity contribution in [3.8, 4) is 0 Å². The largest absolute Gasteiger partial charge is 0.333 e. The lowest BCUT2D eigenvalue weighted by Gasteiger charge is -2.37. The van der Waals surface area contributed by atoms with Gasteiger partial charge < -0.3 is 4.90 Å². The van der Waals surface area contributed by atoms with Gasteiger partial charge in [0.25, 0.3) is 5.91 Å². The van der Waals surface area contributed by atoms with Crippen LogP contribution in [0.25, 0.3) is 0 Å². The lowest BCUT2D eigenvalue weighted by atomic mass is 9.92. The second-order valence-electron chi connectivity index (χ2n) is 6.29. The zero-order chi connectivity index (χ0) is 15.4. The lowest BCUT2D eigenvalue weighted by Crippen LogP contribution is -2.45. The number of nitrogens with zero attached hydrogens (tertiary/aromatic N) is 1. The Morgan fingerprint density at radius 1 is 1.24 bits per heavy atom. The van der Waals surface area contributed by atoms with Crippen LogP contribution in [0.2, 0.25) is 0 Å². The lowest BCUT2D eigenvalue weighted by molar-refractivity contribution is 0.0555. The quantitative estimate of drug-likeness (QED) is 0.785. The summed E-state index contributed by atoms with van der Waals surface area (Å²) in [4.78, 5) is 25.8. The van der Waals surface area contributed by atoms with Crippen LogP contribution in [0.1, 0.15) is 72.2 Å². The molecule has 3 heteroatoms. The van der Waals surface area contributed by atoms with Crippen LogP contribution in [0.4, 0.5) is 0 Å². The van der Waals surface area contributed by atoms with Gasteiger partial charge in [0.2, 0.25) is 0 Å². The van der Waals surface area contributed by atoms with E-state index in [1.807, 2.05) is 17.9 Å². The first kappa shape index (κ1) is 15.7. The summed E-state index contributed by atoms with van der Waals surface area (Å²) < 4.78 is 0. The highest BCUT2D eigenvalue weighted by Crippen LogP contribution is 2.26. The fraction of sp³-hybridized carbons (Fsp3) is 0.556. The third-order valence-electron chi connectivity index (χ3n) is 4.40. The van der Waals surface area contributed by atoms with Crippen LogP contribution in [0, 0.1) is 6.92 Å². The van der Waals surface area contributed by atoms with Gasteiger partial charge in [0.05, 0.1) is 0 Å². The van der Waals surface area contributed by atoms with Gasteiger partial charge >= 0.3 is 0 Å². The summed E-state index contributed by atoms with van der Waals surface area (Å²) >= 11 is 0. The third kappa shape index (κ3) is 3.52.